The number of rotatable bonds is 6. The third-order valence-corrected chi connectivity index (χ3v) is 3.83. The highest BCUT2D eigenvalue weighted by Gasteiger charge is 2.24. The van der Waals surface area contributed by atoms with Crippen LogP contribution in [0.15, 0.2) is 0 Å². The Balaban J connectivity index is 2.17. The molecule has 0 saturated heterocycles. The van der Waals surface area contributed by atoms with Gasteiger partial charge in [0, 0.05) is 0 Å². The lowest BCUT2D eigenvalue weighted by atomic mass is 9.83. The van der Waals surface area contributed by atoms with Crippen molar-refractivity contribution in [3.05, 3.63) is 0 Å². The van der Waals surface area contributed by atoms with Crippen molar-refractivity contribution in [1.29, 1.82) is 0 Å². The van der Waals surface area contributed by atoms with Crippen LogP contribution >= 0.6 is 0 Å². The number of carbonyl (C=O) groups is 2. The summed E-state index contributed by atoms with van der Waals surface area (Å²) in [6.45, 7) is 8.47. The van der Waals surface area contributed by atoms with Crippen molar-refractivity contribution in [2.24, 2.45) is 23.7 Å². The molecule has 0 unspecified atom stereocenters. The molecule has 0 heterocycles. The van der Waals surface area contributed by atoms with Gasteiger partial charge in [-0.05, 0) is 37.5 Å². The number of hydrogen-bond acceptors (Lipinski definition) is 4. The summed E-state index contributed by atoms with van der Waals surface area (Å²) >= 11 is 0. The maximum atomic E-state index is 11.4. The summed E-state index contributed by atoms with van der Waals surface area (Å²) in [6.07, 6.45) is 4.20. The van der Waals surface area contributed by atoms with E-state index >= 15 is 0 Å². The number of ether oxygens (including phenoxy) is 2. The molecule has 0 aromatic carbocycles. The summed E-state index contributed by atoms with van der Waals surface area (Å²) in [4.78, 5) is 22.8. The topological polar surface area (TPSA) is 52.6 Å². The second kappa shape index (κ2) is 8.28. The number of hydrogen-bond donors (Lipinski definition) is 0. The van der Waals surface area contributed by atoms with Crippen LogP contribution in [0.4, 0.5) is 0 Å². The molecule has 0 amide bonds. The van der Waals surface area contributed by atoms with Crippen LogP contribution in [0.5, 0.6) is 0 Å². The molecule has 4 nitrogen and oxygen atoms in total. The van der Waals surface area contributed by atoms with E-state index in [1.54, 1.807) is 0 Å². The largest absolute Gasteiger partial charge is 0.465 e. The molecule has 1 rings (SSSR count). The molecule has 0 atom stereocenters. The van der Waals surface area contributed by atoms with Gasteiger partial charge >= 0.3 is 11.9 Å². The van der Waals surface area contributed by atoms with Gasteiger partial charge in [-0.3, -0.25) is 9.59 Å². The first kappa shape index (κ1) is 17.0. The predicted octanol–water partition coefficient (Wildman–Crippen LogP) is 3.19. The molecule has 1 saturated carbocycles. The van der Waals surface area contributed by atoms with E-state index in [2.05, 4.69) is 0 Å². The van der Waals surface area contributed by atoms with Gasteiger partial charge in [-0.2, -0.15) is 0 Å². The van der Waals surface area contributed by atoms with Gasteiger partial charge in [-0.25, -0.2) is 0 Å². The molecule has 1 fully saturated rings. The molecule has 0 aliphatic heterocycles. The minimum Gasteiger partial charge on any atom is -0.465 e. The summed E-state index contributed by atoms with van der Waals surface area (Å²) in [5.41, 5.74) is 0. The quantitative estimate of drug-likeness (QED) is 0.703. The average molecular weight is 284 g/mol. The second-order valence-electron chi connectivity index (χ2n) is 6.46. The zero-order chi connectivity index (χ0) is 15.1. The fraction of sp³-hybridized carbons (Fsp3) is 0.875. The lowest BCUT2D eigenvalue weighted by Gasteiger charge is -2.28. The summed E-state index contributed by atoms with van der Waals surface area (Å²) in [5.74, 6) is 0.601. The van der Waals surface area contributed by atoms with Crippen LogP contribution in [0.1, 0.15) is 53.4 Å². The van der Waals surface area contributed by atoms with Crippen molar-refractivity contribution in [1.82, 2.24) is 0 Å². The van der Waals surface area contributed by atoms with Crippen LogP contribution in [0, 0.1) is 23.7 Å². The van der Waals surface area contributed by atoms with Crippen molar-refractivity contribution < 1.29 is 19.1 Å². The van der Waals surface area contributed by atoms with E-state index in [-0.39, 0.29) is 23.8 Å². The Labute approximate surface area is 122 Å². The van der Waals surface area contributed by atoms with Gasteiger partial charge < -0.3 is 9.47 Å². The number of esters is 2. The number of carbonyl (C=O) groups excluding carboxylic acids is 2. The van der Waals surface area contributed by atoms with E-state index in [1.807, 2.05) is 27.7 Å². The van der Waals surface area contributed by atoms with Crippen LogP contribution in [0.3, 0.4) is 0 Å². The maximum Gasteiger partial charge on any atom is 0.308 e. The second-order valence-corrected chi connectivity index (χ2v) is 6.46. The van der Waals surface area contributed by atoms with E-state index in [4.69, 9.17) is 9.47 Å². The fourth-order valence-corrected chi connectivity index (χ4v) is 2.30. The normalized spacial score (nSPS) is 22.9. The Kier molecular flexibility index (Phi) is 7.03. The molecule has 1 aliphatic carbocycles. The van der Waals surface area contributed by atoms with E-state index in [1.165, 1.54) is 0 Å². The minimum absolute atomic E-state index is 0.0539. The van der Waals surface area contributed by atoms with Gasteiger partial charge in [0.2, 0.25) is 0 Å². The summed E-state index contributed by atoms with van der Waals surface area (Å²) in [6, 6.07) is 0. The van der Waals surface area contributed by atoms with Gasteiger partial charge in [0.1, 0.15) is 0 Å². The molecule has 0 bridgehead atoms. The molecule has 0 radical (unpaired) electrons. The average Bonchev–Trinajstić information content (AvgIpc) is 2.42. The Bertz CT molecular complexity index is 282. The van der Waals surface area contributed by atoms with E-state index in [9.17, 15) is 9.59 Å². The van der Waals surface area contributed by atoms with Crippen LogP contribution in [0.2, 0.25) is 0 Å². The molecular formula is C16H28O4. The zero-order valence-corrected chi connectivity index (χ0v) is 13.2. The molecule has 4 heteroatoms. The Hall–Kier alpha value is -1.06. The Morgan fingerprint density at radius 2 is 1.10 bits per heavy atom. The van der Waals surface area contributed by atoms with Gasteiger partial charge in [0.25, 0.3) is 0 Å². The fourth-order valence-electron chi connectivity index (χ4n) is 2.30. The van der Waals surface area contributed by atoms with Gasteiger partial charge in [0.15, 0.2) is 0 Å². The van der Waals surface area contributed by atoms with E-state index in [0.717, 1.165) is 25.7 Å². The van der Waals surface area contributed by atoms with Crippen LogP contribution in [-0.2, 0) is 19.1 Å². The molecule has 20 heavy (non-hydrogen) atoms. The standard InChI is InChI=1S/C16H28O4/c1-11(2)15(17)19-9-13-5-7-14(8-6-13)10-20-16(18)12(3)4/h11-14H,5-10H2,1-4H3. The van der Waals surface area contributed by atoms with E-state index < -0.39 is 0 Å². The SMILES string of the molecule is CC(C)C(=O)OCC1CCC(COC(=O)C(C)C)CC1. The zero-order valence-electron chi connectivity index (χ0n) is 13.2. The van der Waals surface area contributed by atoms with Crippen molar-refractivity contribution in [3.8, 4) is 0 Å². The van der Waals surface area contributed by atoms with Crippen LogP contribution in [0.25, 0.3) is 0 Å². The lowest BCUT2D eigenvalue weighted by molar-refractivity contribution is -0.151. The monoisotopic (exact) mass is 284 g/mol. The highest BCUT2D eigenvalue weighted by Crippen LogP contribution is 2.29. The first-order chi connectivity index (χ1) is 9.40. The smallest absolute Gasteiger partial charge is 0.308 e. The molecule has 1 aliphatic rings. The first-order valence-corrected chi connectivity index (χ1v) is 7.73. The van der Waals surface area contributed by atoms with Crippen molar-refractivity contribution in [2.75, 3.05) is 13.2 Å². The van der Waals surface area contributed by atoms with Gasteiger partial charge in [0.05, 0.1) is 25.0 Å². The molecule has 0 aromatic rings. The van der Waals surface area contributed by atoms with Crippen molar-refractivity contribution >= 4 is 11.9 Å². The predicted molar refractivity (Wildman–Crippen MR) is 77.0 cm³/mol. The maximum absolute atomic E-state index is 11.4. The third kappa shape index (κ3) is 5.93. The minimum atomic E-state index is -0.113. The summed E-state index contributed by atoms with van der Waals surface area (Å²) < 4.78 is 10.6. The third-order valence-electron chi connectivity index (χ3n) is 3.83. The highest BCUT2D eigenvalue weighted by molar-refractivity contribution is 5.71. The van der Waals surface area contributed by atoms with Crippen LogP contribution < -0.4 is 0 Å². The Morgan fingerprint density at radius 1 is 0.800 bits per heavy atom. The summed E-state index contributed by atoms with van der Waals surface area (Å²) in [7, 11) is 0. The summed E-state index contributed by atoms with van der Waals surface area (Å²) in [5, 5.41) is 0. The molecule has 0 N–H and O–H groups in total. The highest BCUT2D eigenvalue weighted by atomic mass is 16.5. The Morgan fingerprint density at radius 3 is 1.35 bits per heavy atom. The van der Waals surface area contributed by atoms with Gasteiger partial charge in [-0.1, -0.05) is 27.7 Å². The lowest BCUT2D eigenvalue weighted by Crippen LogP contribution is -2.25. The molecule has 0 spiro atoms. The van der Waals surface area contributed by atoms with Crippen molar-refractivity contribution in [2.45, 2.75) is 53.4 Å². The van der Waals surface area contributed by atoms with Crippen molar-refractivity contribution in [3.63, 3.8) is 0 Å². The molecule has 116 valence electrons. The van der Waals surface area contributed by atoms with Gasteiger partial charge in [-0.15, -0.1) is 0 Å². The van der Waals surface area contributed by atoms with E-state index in [0.29, 0.717) is 25.0 Å². The van der Waals surface area contributed by atoms with Crippen LogP contribution in [-0.4, -0.2) is 25.2 Å². The first-order valence-electron chi connectivity index (χ1n) is 7.73. The molecule has 0 aromatic heterocycles. The molecular weight excluding hydrogens is 256 g/mol.